The van der Waals surface area contributed by atoms with Gasteiger partial charge in [-0.1, -0.05) is 0 Å². The van der Waals surface area contributed by atoms with Gasteiger partial charge in [0, 0.05) is 18.8 Å². The Morgan fingerprint density at radius 2 is 1.81 bits per heavy atom. The van der Waals surface area contributed by atoms with E-state index in [4.69, 9.17) is 4.74 Å². The number of rotatable bonds is 5. The summed E-state index contributed by atoms with van der Waals surface area (Å²) in [5.41, 5.74) is 0.571. The molecule has 0 saturated heterocycles. The highest BCUT2D eigenvalue weighted by Crippen LogP contribution is 2.15. The van der Waals surface area contributed by atoms with Crippen molar-refractivity contribution in [2.45, 2.75) is 11.8 Å². The molecule has 0 saturated carbocycles. The fraction of sp³-hybridized carbons (Fsp3) is 0.273. The third-order valence-corrected chi connectivity index (χ3v) is 3.71. The molecule has 0 atom stereocenters. The van der Waals surface area contributed by atoms with Gasteiger partial charge in [-0.15, -0.1) is 0 Å². The van der Waals surface area contributed by atoms with Gasteiger partial charge in [0.05, 0.1) is 19.5 Å². The van der Waals surface area contributed by atoms with Crippen LogP contribution in [-0.2, 0) is 10.0 Å². The SMILES string of the molecule is CNc1ncc(S(=O)(=O)Nc2nc(C)cc(OC)n2)cn1. The van der Waals surface area contributed by atoms with Crippen LogP contribution in [0.3, 0.4) is 0 Å². The summed E-state index contributed by atoms with van der Waals surface area (Å²) in [6.45, 7) is 1.70. The fourth-order valence-corrected chi connectivity index (χ4v) is 2.29. The van der Waals surface area contributed by atoms with E-state index in [2.05, 4.69) is 30.0 Å². The number of sulfonamides is 1. The molecular formula is C11H14N6O3S. The van der Waals surface area contributed by atoms with E-state index in [1.165, 1.54) is 19.5 Å². The zero-order valence-corrected chi connectivity index (χ0v) is 12.5. The van der Waals surface area contributed by atoms with Crippen molar-refractivity contribution in [3.05, 3.63) is 24.2 Å². The smallest absolute Gasteiger partial charge is 0.267 e. The van der Waals surface area contributed by atoms with Gasteiger partial charge >= 0.3 is 0 Å². The van der Waals surface area contributed by atoms with E-state index >= 15 is 0 Å². The zero-order chi connectivity index (χ0) is 15.5. The molecule has 0 aliphatic rings. The summed E-state index contributed by atoms with van der Waals surface area (Å²) < 4.78 is 31.6. The molecule has 21 heavy (non-hydrogen) atoms. The normalized spacial score (nSPS) is 11.0. The lowest BCUT2D eigenvalue weighted by Crippen LogP contribution is -2.16. The summed E-state index contributed by atoms with van der Waals surface area (Å²) >= 11 is 0. The summed E-state index contributed by atoms with van der Waals surface area (Å²) in [7, 11) is -0.795. The highest BCUT2D eigenvalue weighted by molar-refractivity contribution is 7.92. The molecule has 0 bridgehead atoms. The average Bonchev–Trinajstić information content (AvgIpc) is 2.46. The fourth-order valence-electron chi connectivity index (χ4n) is 1.45. The van der Waals surface area contributed by atoms with Crippen LogP contribution < -0.4 is 14.8 Å². The lowest BCUT2D eigenvalue weighted by Gasteiger charge is -2.08. The van der Waals surface area contributed by atoms with Crippen molar-refractivity contribution >= 4 is 21.9 Å². The van der Waals surface area contributed by atoms with Gasteiger partial charge in [-0.2, -0.15) is 4.98 Å². The molecule has 2 rings (SSSR count). The first-order chi connectivity index (χ1) is 9.94. The van der Waals surface area contributed by atoms with Crippen LogP contribution in [0.25, 0.3) is 0 Å². The number of methoxy groups -OCH3 is 1. The van der Waals surface area contributed by atoms with E-state index in [0.717, 1.165) is 0 Å². The number of nitrogens with one attached hydrogen (secondary N) is 2. The summed E-state index contributed by atoms with van der Waals surface area (Å²) in [5, 5.41) is 2.70. The number of anilines is 2. The van der Waals surface area contributed by atoms with Crippen LogP contribution in [0.15, 0.2) is 23.4 Å². The number of nitrogens with zero attached hydrogens (tertiary/aromatic N) is 4. The van der Waals surface area contributed by atoms with Crippen molar-refractivity contribution in [1.82, 2.24) is 19.9 Å². The third-order valence-electron chi connectivity index (χ3n) is 2.43. The Morgan fingerprint density at radius 3 is 2.38 bits per heavy atom. The second kappa shape index (κ2) is 5.87. The van der Waals surface area contributed by atoms with Gasteiger partial charge in [0.2, 0.25) is 17.8 Å². The Balaban J connectivity index is 2.30. The second-order valence-electron chi connectivity index (χ2n) is 3.97. The average molecular weight is 310 g/mol. The molecule has 0 amide bonds. The van der Waals surface area contributed by atoms with Crippen molar-refractivity contribution in [3.8, 4) is 5.88 Å². The van der Waals surface area contributed by atoms with E-state index in [1.54, 1.807) is 20.0 Å². The monoisotopic (exact) mass is 310 g/mol. The first-order valence-corrected chi connectivity index (χ1v) is 7.35. The number of hydrogen-bond acceptors (Lipinski definition) is 8. The van der Waals surface area contributed by atoms with Crippen molar-refractivity contribution in [1.29, 1.82) is 0 Å². The quantitative estimate of drug-likeness (QED) is 0.815. The molecule has 9 nitrogen and oxygen atoms in total. The maximum Gasteiger partial charge on any atom is 0.267 e. The highest BCUT2D eigenvalue weighted by Gasteiger charge is 2.17. The Kier molecular flexibility index (Phi) is 4.17. The molecule has 112 valence electrons. The van der Waals surface area contributed by atoms with E-state index in [0.29, 0.717) is 11.6 Å². The molecule has 0 aliphatic heterocycles. The van der Waals surface area contributed by atoms with Crippen LogP contribution in [0.5, 0.6) is 5.88 Å². The van der Waals surface area contributed by atoms with Crippen molar-refractivity contribution in [3.63, 3.8) is 0 Å². The van der Waals surface area contributed by atoms with Crippen LogP contribution in [0.2, 0.25) is 0 Å². The minimum Gasteiger partial charge on any atom is -0.481 e. The van der Waals surface area contributed by atoms with Gasteiger partial charge in [0.25, 0.3) is 10.0 Å². The predicted molar refractivity (Wildman–Crippen MR) is 75.7 cm³/mol. The Hall–Kier alpha value is -2.49. The van der Waals surface area contributed by atoms with Crippen molar-refractivity contribution in [2.75, 3.05) is 24.2 Å². The molecule has 0 aliphatic carbocycles. The molecule has 10 heteroatoms. The van der Waals surface area contributed by atoms with E-state index in [-0.39, 0.29) is 16.7 Å². The van der Waals surface area contributed by atoms with E-state index < -0.39 is 10.0 Å². The molecule has 0 fully saturated rings. The molecular weight excluding hydrogens is 296 g/mol. The second-order valence-corrected chi connectivity index (χ2v) is 5.66. The molecule has 0 aromatic carbocycles. The predicted octanol–water partition coefficient (Wildman–Crippen LogP) is 0.426. The minimum absolute atomic E-state index is 0.0791. The van der Waals surface area contributed by atoms with Gasteiger partial charge in [0.1, 0.15) is 4.90 Å². The van der Waals surface area contributed by atoms with E-state index in [1.807, 2.05) is 0 Å². The molecule has 0 radical (unpaired) electrons. The van der Waals surface area contributed by atoms with E-state index in [9.17, 15) is 8.42 Å². The number of aryl methyl sites for hydroxylation is 1. The lowest BCUT2D eigenvalue weighted by atomic mass is 10.4. The lowest BCUT2D eigenvalue weighted by molar-refractivity contribution is 0.397. The molecule has 2 aromatic heterocycles. The Bertz CT molecular complexity index is 732. The van der Waals surface area contributed by atoms with Crippen LogP contribution in [0.1, 0.15) is 5.69 Å². The first-order valence-electron chi connectivity index (χ1n) is 5.87. The maximum absolute atomic E-state index is 12.2. The van der Waals surface area contributed by atoms with Crippen molar-refractivity contribution < 1.29 is 13.2 Å². The highest BCUT2D eigenvalue weighted by atomic mass is 32.2. The molecule has 0 unspecified atom stereocenters. The number of ether oxygens (including phenoxy) is 1. The molecule has 2 N–H and O–H groups in total. The Labute approximate surface area is 121 Å². The van der Waals surface area contributed by atoms with Gasteiger partial charge in [-0.25, -0.2) is 28.1 Å². The summed E-state index contributed by atoms with van der Waals surface area (Å²) in [6, 6.07) is 1.59. The largest absolute Gasteiger partial charge is 0.481 e. The first kappa shape index (κ1) is 14.9. The molecule has 2 aromatic rings. The number of aromatic nitrogens is 4. The topological polar surface area (TPSA) is 119 Å². The van der Waals surface area contributed by atoms with Crippen LogP contribution in [0, 0.1) is 6.92 Å². The summed E-state index contributed by atoms with van der Waals surface area (Å²) in [6.07, 6.45) is 2.38. The van der Waals surface area contributed by atoms with Gasteiger partial charge < -0.3 is 10.1 Å². The zero-order valence-electron chi connectivity index (χ0n) is 11.7. The standard InChI is InChI=1S/C11H14N6O3S/c1-7-4-9(20-3)16-11(15-7)17-21(18,19)8-5-13-10(12-2)14-6-8/h4-6H,1-3H3,(H,12,13,14)(H,15,16,17). The van der Waals surface area contributed by atoms with Gasteiger partial charge in [-0.05, 0) is 6.92 Å². The number of hydrogen-bond donors (Lipinski definition) is 2. The third kappa shape index (κ3) is 3.54. The van der Waals surface area contributed by atoms with Gasteiger partial charge in [0.15, 0.2) is 0 Å². The summed E-state index contributed by atoms with van der Waals surface area (Å²) in [5.74, 6) is 0.508. The van der Waals surface area contributed by atoms with Crippen molar-refractivity contribution in [2.24, 2.45) is 0 Å². The van der Waals surface area contributed by atoms with Crippen LogP contribution in [-0.4, -0.2) is 42.5 Å². The Morgan fingerprint density at radius 1 is 1.14 bits per heavy atom. The van der Waals surface area contributed by atoms with Crippen LogP contribution >= 0.6 is 0 Å². The van der Waals surface area contributed by atoms with Crippen LogP contribution in [0.4, 0.5) is 11.9 Å². The molecule has 0 spiro atoms. The van der Waals surface area contributed by atoms with Gasteiger partial charge in [-0.3, -0.25) is 0 Å². The summed E-state index contributed by atoms with van der Waals surface area (Å²) in [4.78, 5) is 15.5. The molecule has 2 heterocycles. The maximum atomic E-state index is 12.2. The minimum atomic E-state index is -3.86.